The summed E-state index contributed by atoms with van der Waals surface area (Å²) in [7, 11) is 0. The van der Waals surface area contributed by atoms with Gasteiger partial charge in [0, 0.05) is 38.1 Å². The van der Waals surface area contributed by atoms with Gasteiger partial charge in [-0.15, -0.1) is 12.4 Å². The van der Waals surface area contributed by atoms with E-state index in [4.69, 9.17) is 39.9 Å². The van der Waals surface area contributed by atoms with Crippen LogP contribution in [0.5, 0.6) is 5.75 Å². The zero-order chi connectivity index (χ0) is 19.9. The summed E-state index contributed by atoms with van der Waals surface area (Å²) in [6.45, 7) is 4.37. The Bertz CT molecular complexity index is 495. The fourth-order valence-electron chi connectivity index (χ4n) is 0.997. The molecule has 0 saturated carbocycles. The van der Waals surface area contributed by atoms with Gasteiger partial charge in [0.25, 0.3) is 17.9 Å². The van der Waals surface area contributed by atoms with Crippen molar-refractivity contribution in [2.24, 2.45) is 0 Å². The number of aliphatic hydroxyl groups is 2. The van der Waals surface area contributed by atoms with Gasteiger partial charge in [-0.3, -0.25) is 19.4 Å². The Labute approximate surface area is 150 Å². The summed E-state index contributed by atoms with van der Waals surface area (Å²) in [5.41, 5.74) is 1.27. The maximum absolute atomic E-state index is 9.38. The third-order valence-corrected chi connectivity index (χ3v) is 1.76. The molecule has 25 heavy (non-hydrogen) atoms. The molecule has 0 amide bonds. The standard InChI is InChI=1S/C8H11NO3.3C2H4O2.ClH/c1-5-8(12)7(4-11)6(3-10)2-9-5;3*1-2(3)4;/h2,10-12H,3-4H2,1H3;3*1H3,(H,3,4);1H. The van der Waals surface area contributed by atoms with E-state index in [9.17, 15) is 5.11 Å². The van der Waals surface area contributed by atoms with E-state index in [1.165, 1.54) is 6.20 Å². The number of rotatable bonds is 2. The van der Waals surface area contributed by atoms with Gasteiger partial charge >= 0.3 is 0 Å². The molecule has 1 aromatic rings. The summed E-state index contributed by atoms with van der Waals surface area (Å²) in [4.78, 5) is 30.8. The lowest BCUT2D eigenvalue weighted by Crippen LogP contribution is -1.98. The van der Waals surface area contributed by atoms with Crippen LogP contribution < -0.4 is 0 Å². The lowest BCUT2D eigenvalue weighted by Gasteiger charge is -2.07. The van der Waals surface area contributed by atoms with Crippen molar-refractivity contribution in [2.75, 3.05) is 0 Å². The lowest BCUT2D eigenvalue weighted by atomic mass is 10.1. The zero-order valence-electron chi connectivity index (χ0n) is 14.3. The number of carbonyl (C=O) groups is 3. The van der Waals surface area contributed by atoms with Gasteiger partial charge in [0.05, 0.1) is 18.9 Å². The SMILES string of the molecule is CC(=O)O.CC(=O)O.CC(=O)O.Cc1ncc(CO)c(CO)c1O.Cl. The van der Waals surface area contributed by atoms with Crippen molar-refractivity contribution in [3.63, 3.8) is 0 Å². The molecule has 6 N–H and O–H groups in total. The second-order valence-electron chi connectivity index (χ2n) is 4.07. The third kappa shape index (κ3) is 24.0. The highest BCUT2D eigenvalue weighted by Crippen LogP contribution is 2.23. The Hall–Kier alpha value is -2.43. The van der Waals surface area contributed by atoms with E-state index in [1.54, 1.807) is 6.92 Å². The first-order chi connectivity index (χ1) is 10.9. The summed E-state index contributed by atoms with van der Waals surface area (Å²) in [5, 5.41) is 49.3. The minimum atomic E-state index is -0.833. The molecular formula is C14H24ClNO9. The quantitative estimate of drug-likeness (QED) is 0.424. The minimum Gasteiger partial charge on any atom is -0.506 e. The Morgan fingerprint density at radius 2 is 1.24 bits per heavy atom. The van der Waals surface area contributed by atoms with E-state index in [1.807, 2.05) is 0 Å². The average molecular weight is 386 g/mol. The number of nitrogens with zero attached hydrogens (tertiary/aromatic N) is 1. The molecule has 0 aromatic carbocycles. The summed E-state index contributed by atoms with van der Waals surface area (Å²) >= 11 is 0. The van der Waals surface area contributed by atoms with Crippen molar-refractivity contribution in [2.45, 2.75) is 40.9 Å². The number of aryl methyl sites for hydroxylation is 1. The fourth-order valence-corrected chi connectivity index (χ4v) is 0.997. The molecule has 0 fully saturated rings. The predicted molar refractivity (Wildman–Crippen MR) is 89.7 cm³/mol. The minimum absolute atomic E-state index is 0. The second-order valence-corrected chi connectivity index (χ2v) is 4.07. The maximum Gasteiger partial charge on any atom is 0.300 e. The van der Waals surface area contributed by atoms with Crippen LogP contribution in [-0.2, 0) is 27.6 Å². The fraction of sp³-hybridized carbons (Fsp3) is 0.429. The molecule has 0 atom stereocenters. The number of aliphatic carboxylic acids is 3. The van der Waals surface area contributed by atoms with Gasteiger partial charge < -0.3 is 30.6 Å². The first kappa shape index (κ1) is 30.5. The number of hydrogen-bond acceptors (Lipinski definition) is 7. The number of pyridine rings is 1. The monoisotopic (exact) mass is 385 g/mol. The summed E-state index contributed by atoms with van der Waals surface area (Å²) in [6.07, 6.45) is 1.45. The van der Waals surface area contributed by atoms with Gasteiger partial charge in [-0.05, 0) is 6.92 Å². The smallest absolute Gasteiger partial charge is 0.300 e. The van der Waals surface area contributed by atoms with Crippen molar-refractivity contribution < 1.29 is 45.0 Å². The van der Waals surface area contributed by atoms with E-state index in [0.717, 1.165) is 20.8 Å². The van der Waals surface area contributed by atoms with Crippen molar-refractivity contribution in [1.82, 2.24) is 4.98 Å². The van der Waals surface area contributed by atoms with Crippen LogP contribution in [0, 0.1) is 6.92 Å². The molecule has 0 unspecified atom stereocenters. The molecule has 1 rings (SSSR count). The van der Waals surface area contributed by atoms with Crippen LogP contribution in [0.4, 0.5) is 0 Å². The topological polar surface area (TPSA) is 185 Å². The molecular weight excluding hydrogens is 362 g/mol. The normalized spacial score (nSPS) is 7.92. The highest BCUT2D eigenvalue weighted by atomic mass is 35.5. The van der Waals surface area contributed by atoms with Crippen molar-refractivity contribution in [3.8, 4) is 5.75 Å². The number of aromatic hydroxyl groups is 1. The van der Waals surface area contributed by atoms with Gasteiger partial charge in [-0.1, -0.05) is 0 Å². The zero-order valence-corrected chi connectivity index (χ0v) is 15.1. The van der Waals surface area contributed by atoms with Crippen molar-refractivity contribution >= 4 is 30.3 Å². The van der Waals surface area contributed by atoms with Crippen LogP contribution in [0.2, 0.25) is 0 Å². The molecule has 0 aliphatic carbocycles. The van der Waals surface area contributed by atoms with E-state index in [0.29, 0.717) is 16.8 Å². The summed E-state index contributed by atoms with van der Waals surface area (Å²) in [5.74, 6) is -2.54. The average Bonchev–Trinajstić information content (AvgIpc) is 2.39. The van der Waals surface area contributed by atoms with Crippen molar-refractivity contribution in [1.29, 1.82) is 0 Å². The largest absolute Gasteiger partial charge is 0.506 e. The Balaban J connectivity index is -0.000000142. The molecule has 0 spiro atoms. The number of carboxylic acids is 3. The van der Waals surface area contributed by atoms with E-state index in [-0.39, 0.29) is 31.4 Å². The summed E-state index contributed by atoms with van der Waals surface area (Å²) < 4.78 is 0. The molecule has 11 heteroatoms. The maximum atomic E-state index is 9.38. The van der Waals surface area contributed by atoms with Gasteiger partial charge in [0.2, 0.25) is 0 Å². The number of halogens is 1. The van der Waals surface area contributed by atoms with Crippen LogP contribution in [0.15, 0.2) is 6.20 Å². The van der Waals surface area contributed by atoms with Crippen LogP contribution >= 0.6 is 12.4 Å². The van der Waals surface area contributed by atoms with E-state index in [2.05, 4.69) is 4.98 Å². The van der Waals surface area contributed by atoms with Gasteiger partial charge in [-0.2, -0.15) is 0 Å². The molecule has 146 valence electrons. The van der Waals surface area contributed by atoms with Crippen LogP contribution in [0.1, 0.15) is 37.6 Å². The van der Waals surface area contributed by atoms with Gasteiger partial charge in [0.1, 0.15) is 5.75 Å². The first-order valence-electron chi connectivity index (χ1n) is 6.37. The van der Waals surface area contributed by atoms with Crippen molar-refractivity contribution in [3.05, 3.63) is 23.0 Å². The van der Waals surface area contributed by atoms with E-state index < -0.39 is 17.9 Å². The molecule has 0 radical (unpaired) electrons. The molecule has 1 aromatic heterocycles. The highest BCUT2D eigenvalue weighted by Gasteiger charge is 2.09. The van der Waals surface area contributed by atoms with Crippen LogP contribution in [0.25, 0.3) is 0 Å². The molecule has 0 aliphatic rings. The first-order valence-corrected chi connectivity index (χ1v) is 6.37. The number of aromatic nitrogens is 1. The molecule has 0 bridgehead atoms. The highest BCUT2D eigenvalue weighted by molar-refractivity contribution is 5.85. The third-order valence-electron chi connectivity index (χ3n) is 1.76. The second kappa shape index (κ2) is 17.9. The van der Waals surface area contributed by atoms with E-state index >= 15 is 0 Å². The molecule has 0 aliphatic heterocycles. The molecule has 10 nitrogen and oxygen atoms in total. The Morgan fingerprint density at radius 3 is 1.48 bits per heavy atom. The Morgan fingerprint density at radius 1 is 0.920 bits per heavy atom. The summed E-state index contributed by atoms with van der Waals surface area (Å²) in [6, 6.07) is 0. The lowest BCUT2D eigenvalue weighted by molar-refractivity contribution is -0.135. The molecule has 1 heterocycles. The molecule has 0 saturated heterocycles. The number of aliphatic hydroxyl groups excluding tert-OH is 2. The number of hydrogen-bond donors (Lipinski definition) is 6. The van der Waals surface area contributed by atoms with Gasteiger partial charge in [-0.25, -0.2) is 0 Å². The predicted octanol–water partition coefficient (Wildman–Crippen LogP) is 0.775. The van der Waals surface area contributed by atoms with Crippen LogP contribution in [-0.4, -0.2) is 53.5 Å². The van der Waals surface area contributed by atoms with Gasteiger partial charge in [0.15, 0.2) is 0 Å². The Kier molecular flexibility index (Phi) is 21.8. The number of carboxylic acid groups (broad SMARTS) is 3. The van der Waals surface area contributed by atoms with Crippen LogP contribution in [0.3, 0.4) is 0 Å².